The van der Waals surface area contributed by atoms with Crippen LogP contribution in [0.2, 0.25) is 0 Å². The van der Waals surface area contributed by atoms with Gasteiger partial charge in [-0.25, -0.2) is 0 Å². The molecule has 124 valence electrons. The quantitative estimate of drug-likeness (QED) is 0.939. The highest BCUT2D eigenvalue weighted by molar-refractivity contribution is 5.96. The van der Waals surface area contributed by atoms with Crippen LogP contribution in [0.1, 0.15) is 34.5 Å². The maximum Gasteiger partial charge on any atom is 0.290 e. The molecular formula is C19H20N2O3. The minimum absolute atomic E-state index is 0.0729. The van der Waals surface area contributed by atoms with E-state index in [0.29, 0.717) is 25.4 Å². The summed E-state index contributed by atoms with van der Waals surface area (Å²) in [6.07, 6.45) is 4.39. The third kappa shape index (κ3) is 2.94. The number of nitrogens with zero attached hydrogens (tertiary/aromatic N) is 1. The Hall–Kier alpha value is -2.56. The molecule has 2 amide bonds. The molecule has 5 heteroatoms. The van der Waals surface area contributed by atoms with Crippen molar-refractivity contribution in [3.63, 3.8) is 0 Å². The second-order valence-corrected chi connectivity index (χ2v) is 6.59. The second-order valence-electron chi connectivity index (χ2n) is 6.59. The van der Waals surface area contributed by atoms with E-state index < -0.39 is 6.04 Å². The van der Waals surface area contributed by atoms with Gasteiger partial charge in [-0.05, 0) is 42.0 Å². The molecule has 1 aliphatic carbocycles. The predicted octanol–water partition coefficient (Wildman–Crippen LogP) is 2.37. The predicted molar refractivity (Wildman–Crippen MR) is 88.2 cm³/mol. The zero-order valence-electron chi connectivity index (χ0n) is 13.4. The third-order valence-corrected chi connectivity index (χ3v) is 4.81. The summed E-state index contributed by atoms with van der Waals surface area (Å²) in [6, 6.07) is 10.8. The summed E-state index contributed by atoms with van der Waals surface area (Å²) in [5.41, 5.74) is 2.22. The lowest BCUT2D eigenvalue weighted by Gasteiger charge is -2.35. The van der Waals surface area contributed by atoms with Crippen molar-refractivity contribution in [3.05, 3.63) is 59.5 Å². The minimum atomic E-state index is -0.490. The molecule has 0 spiro atoms. The molecule has 0 unspecified atom stereocenters. The number of carbonyl (C=O) groups excluding carboxylic acids is 2. The zero-order valence-corrected chi connectivity index (χ0v) is 13.4. The summed E-state index contributed by atoms with van der Waals surface area (Å²) < 4.78 is 5.25. The summed E-state index contributed by atoms with van der Waals surface area (Å²) in [6.45, 7) is 1.14. The first-order valence-corrected chi connectivity index (χ1v) is 8.41. The Morgan fingerprint density at radius 2 is 1.92 bits per heavy atom. The normalized spacial score (nSPS) is 19.7. The number of rotatable bonds is 4. The van der Waals surface area contributed by atoms with E-state index in [1.807, 2.05) is 24.3 Å². The SMILES string of the molecule is O=C(NCC1CC1)[C@@H]1Cc2ccccc2CN1C(=O)c1ccco1. The van der Waals surface area contributed by atoms with Gasteiger partial charge in [0.15, 0.2) is 5.76 Å². The minimum Gasteiger partial charge on any atom is -0.459 e. The fourth-order valence-electron chi connectivity index (χ4n) is 3.20. The first kappa shape index (κ1) is 15.0. The number of carbonyl (C=O) groups is 2. The van der Waals surface area contributed by atoms with Crippen LogP contribution in [0.25, 0.3) is 0 Å². The number of hydrogen-bond acceptors (Lipinski definition) is 3. The van der Waals surface area contributed by atoms with Gasteiger partial charge in [-0.3, -0.25) is 9.59 Å². The van der Waals surface area contributed by atoms with Crippen molar-refractivity contribution in [1.29, 1.82) is 0 Å². The topological polar surface area (TPSA) is 62.6 Å². The molecule has 1 atom stereocenters. The van der Waals surface area contributed by atoms with Crippen molar-refractivity contribution < 1.29 is 14.0 Å². The number of benzene rings is 1. The summed E-state index contributed by atoms with van der Waals surface area (Å²) in [7, 11) is 0. The lowest BCUT2D eigenvalue weighted by molar-refractivity contribution is -0.126. The maximum atomic E-state index is 12.8. The van der Waals surface area contributed by atoms with E-state index in [2.05, 4.69) is 5.32 Å². The highest BCUT2D eigenvalue weighted by Crippen LogP contribution is 2.28. The number of furan rings is 1. The zero-order chi connectivity index (χ0) is 16.5. The van der Waals surface area contributed by atoms with Gasteiger partial charge >= 0.3 is 0 Å². The van der Waals surface area contributed by atoms with E-state index in [0.717, 1.165) is 11.1 Å². The Morgan fingerprint density at radius 1 is 1.12 bits per heavy atom. The molecule has 1 fully saturated rings. The highest BCUT2D eigenvalue weighted by atomic mass is 16.3. The van der Waals surface area contributed by atoms with Crippen molar-refractivity contribution in [2.24, 2.45) is 5.92 Å². The monoisotopic (exact) mass is 324 g/mol. The van der Waals surface area contributed by atoms with Crippen molar-refractivity contribution in [3.8, 4) is 0 Å². The van der Waals surface area contributed by atoms with Crippen LogP contribution in [-0.2, 0) is 17.8 Å². The van der Waals surface area contributed by atoms with Crippen LogP contribution in [0.5, 0.6) is 0 Å². The van der Waals surface area contributed by atoms with Crippen LogP contribution >= 0.6 is 0 Å². The van der Waals surface area contributed by atoms with Gasteiger partial charge in [-0.15, -0.1) is 0 Å². The second kappa shape index (κ2) is 6.15. The van der Waals surface area contributed by atoms with Crippen LogP contribution in [-0.4, -0.2) is 29.3 Å². The maximum absolute atomic E-state index is 12.8. The molecule has 1 aliphatic heterocycles. The van der Waals surface area contributed by atoms with Crippen molar-refractivity contribution in [1.82, 2.24) is 10.2 Å². The Labute approximate surface area is 140 Å². The Morgan fingerprint density at radius 3 is 2.62 bits per heavy atom. The number of hydrogen-bond donors (Lipinski definition) is 1. The van der Waals surface area contributed by atoms with E-state index >= 15 is 0 Å². The summed E-state index contributed by atoms with van der Waals surface area (Å²) in [4.78, 5) is 27.1. The van der Waals surface area contributed by atoms with Crippen LogP contribution in [0.3, 0.4) is 0 Å². The standard InChI is InChI=1S/C19H20N2O3/c22-18(20-11-13-7-8-13)16-10-14-4-1-2-5-15(14)12-21(16)19(23)17-6-3-9-24-17/h1-6,9,13,16H,7-8,10-12H2,(H,20,22)/t16-/m0/s1. The average molecular weight is 324 g/mol. The Balaban J connectivity index is 1.59. The molecule has 5 nitrogen and oxygen atoms in total. The molecule has 0 bridgehead atoms. The van der Waals surface area contributed by atoms with Crippen molar-refractivity contribution in [2.45, 2.75) is 31.8 Å². The summed E-state index contributed by atoms with van der Waals surface area (Å²) >= 11 is 0. The molecule has 1 N–H and O–H groups in total. The Kier molecular flexibility index (Phi) is 3.84. The molecule has 4 rings (SSSR count). The van der Waals surface area contributed by atoms with Gasteiger partial charge in [0.1, 0.15) is 6.04 Å². The number of fused-ring (bicyclic) bond motifs is 1. The van der Waals surface area contributed by atoms with Crippen molar-refractivity contribution in [2.75, 3.05) is 6.54 Å². The lowest BCUT2D eigenvalue weighted by Crippen LogP contribution is -2.52. The molecule has 24 heavy (non-hydrogen) atoms. The molecule has 2 aromatic rings. The first-order valence-electron chi connectivity index (χ1n) is 8.41. The van der Waals surface area contributed by atoms with Crippen LogP contribution in [0, 0.1) is 5.92 Å². The van der Waals surface area contributed by atoms with E-state index in [4.69, 9.17) is 4.42 Å². The highest BCUT2D eigenvalue weighted by Gasteiger charge is 2.36. The largest absolute Gasteiger partial charge is 0.459 e. The number of amides is 2. The Bertz CT molecular complexity index is 750. The van der Waals surface area contributed by atoms with Crippen LogP contribution < -0.4 is 5.32 Å². The van der Waals surface area contributed by atoms with Gasteiger partial charge in [0, 0.05) is 19.5 Å². The van der Waals surface area contributed by atoms with Gasteiger partial charge < -0.3 is 14.6 Å². The van der Waals surface area contributed by atoms with E-state index in [-0.39, 0.29) is 17.6 Å². The summed E-state index contributed by atoms with van der Waals surface area (Å²) in [5, 5.41) is 3.01. The molecule has 2 aliphatic rings. The fraction of sp³-hybridized carbons (Fsp3) is 0.368. The van der Waals surface area contributed by atoms with Gasteiger partial charge in [-0.2, -0.15) is 0 Å². The van der Waals surface area contributed by atoms with Crippen LogP contribution in [0.4, 0.5) is 0 Å². The molecule has 1 saturated carbocycles. The molecule has 1 aromatic heterocycles. The van der Waals surface area contributed by atoms with Gasteiger partial charge in [0.05, 0.1) is 6.26 Å². The molecule has 1 aromatic carbocycles. The smallest absolute Gasteiger partial charge is 0.290 e. The fourth-order valence-corrected chi connectivity index (χ4v) is 3.20. The van der Waals surface area contributed by atoms with Gasteiger partial charge in [0.2, 0.25) is 5.91 Å². The molecule has 0 saturated heterocycles. The summed E-state index contributed by atoms with van der Waals surface area (Å²) in [5.74, 6) is 0.575. The van der Waals surface area contributed by atoms with Gasteiger partial charge in [-0.1, -0.05) is 24.3 Å². The molecular weight excluding hydrogens is 304 g/mol. The average Bonchev–Trinajstić information content (AvgIpc) is 3.29. The first-order chi connectivity index (χ1) is 11.7. The van der Waals surface area contributed by atoms with E-state index in [1.165, 1.54) is 19.1 Å². The van der Waals surface area contributed by atoms with E-state index in [1.54, 1.807) is 17.0 Å². The molecule has 2 heterocycles. The number of nitrogens with one attached hydrogen (secondary N) is 1. The lowest BCUT2D eigenvalue weighted by atomic mass is 9.93. The van der Waals surface area contributed by atoms with Crippen molar-refractivity contribution >= 4 is 11.8 Å². The van der Waals surface area contributed by atoms with Gasteiger partial charge in [0.25, 0.3) is 5.91 Å². The third-order valence-electron chi connectivity index (χ3n) is 4.81. The molecule has 0 radical (unpaired) electrons. The van der Waals surface area contributed by atoms with E-state index in [9.17, 15) is 9.59 Å². The van der Waals surface area contributed by atoms with Crippen LogP contribution in [0.15, 0.2) is 47.1 Å².